The van der Waals surface area contributed by atoms with Crippen LogP contribution in [0.3, 0.4) is 0 Å². The van der Waals surface area contributed by atoms with Crippen molar-refractivity contribution in [3.05, 3.63) is 0 Å². The first kappa shape index (κ1) is 12.6. The molecule has 0 radical (unpaired) electrons. The van der Waals surface area contributed by atoms with Crippen molar-refractivity contribution in [1.82, 2.24) is 5.32 Å². The van der Waals surface area contributed by atoms with Gasteiger partial charge in [0, 0.05) is 17.6 Å². The zero-order valence-electron chi connectivity index (χ0n) is 12.6. The maximum atomic E-state index is 6.79. The maximum absolute atomic E-state index is 6.79. The molecule has 0 spiro atoms. The molecule has 5 aliphatic rings. The number of hydrogen-bond acceptors (Lipinski definition) is 2. The fourth-order valence-corrected chi connectivity index (χ4v) is 5.88. The molecule has 1 atom stereocenters. The summed E-state index contributed by atoms with van der Waals surface area (Å²) < 4.78 is 0. The van der Waals surface area contributed by atoms with Gasteiger partial charge >= 0.3 is 0 Å². The maximum Gasteiger partial charge on any atom is 0.0281 e. The molecule has 0 aliphatic heterocycles. The van der Waals surface area contributed by atoms with Gasteiger partial charge in [-0.25, -0.2) is 0 Å². The predicted octanol–water partition coefficient (Wildman–Crippen LogP) is 2.92. The molecule has 5 saturated carbocycles. The summed E-state index contributed by atoms with van der Waals surface area (Å²) in [6, 6.07) is 1.11. The molecule has 5 aliphatic carbocycles. The fourth-order valence-electron chi connectivity index (χ4n) is 5.88. The molecule has 5 rings (SSSR count). The van der Waals surface area contributed by atoms with Crippen LogP contribution in [0, 0.1) is 29.6 Å². The van der Waals surface area contributed by atoms with E-state index in [4.69, 9.17) is 5.73 Å². The minimum absolute atomic E-state index is 0.126. The van der Waals surface area contributed by atoms with E-state index in [1.807, 2.05) is 0 Å². The van der Waals surface area contributed by atoms with Crippen LogP contribution >= 0.6 is 0 Å². The summed E-state index contributed by atoms with van der Waals surface area (Å²) in [4.78, 5) is 0. The van der Waals surface area contributed by atoms with Crippen molar-refractivity contribution in [1.29, 1.82) is 0 Å². The van der Waals surface area contributed by atoms with E-state index in [-0.39, 0.29) is 5.54 Å². The van der Waals surface area contributed by atoms with E-state index in [9.17, 15) is 0 Å². The van der Waals surface area contributed by atoms with Gasteiger partial charge in [0.2, 0.25) is 0 Å². The minimum atomic E-state index is 0.126. The fraction of sp³-hybridized carbons (Fsp3) is 1.00. The average Bonchev–Trinajstić information content (AvgIpc) is 3.10. The van der Waals surface area contributed by atoms with Crippen molar-refractivity contribution in [3.63, 3.8) is 0 Å². The van der Waals surface area contributed by atoms with Gasteiger partial charge in [0.05, 0.1) is 0 Å². The molecular weight excluding hydrogens is 232 g/mol. The van der Waals surface area contributed by atoms with Crippen molar-refractivity contribution in [2.45, 2.75) is 76.4 Å². The van der Waals surface area contributed by atoms with Crippen molar-refractivity contribution in [2.75, 3.05) is 0 Å². The number of hydrogen-bond donors (Lipinski definition) is 2. The normalized spacial score (nSPS) is 46.6. The van der Waals surface area contributed by atoms with Crippen LogP contribution in [0.1, 0.15) is 58.8 Å². The predicted molar refractivity (Wildman–Crippen MR) is 78.7 cm³/mol. The summed E-state index contributed by atoms with van der Waals surface area (Å²) in [6.07, 6.45) is 10.2. The molecular formula is C17H30N2. The summed E-state index contributed by atoms with van der Waals surface area (Å²) in [5.41, 5.74) is 6.92. The Hall–Kier alpha value is -0.0800. The van der Waals surface area contributed by atoms with E-state index in [1.54, 1.807) is 6.42 Å². The third-order valence-corrected chi connectivity index (χ3v) is 6.70. The van der Waals surface area contributed by atoms with Crippen molar-refractivity contribution < 1.29 is 0 Å². The Labute approximate surface area is 117 Å². The summed E-state index contributed by atoms with van der Waals surface area (Å²) >= 11 is 0. The second kappa shape index (κ2) is 4.21. The van der Waals surface area contributed by atoms with Crippen LogP contribution in [0.2, 0.25) is 0 Å². The Balaban J connectivity index is 1.51. The lowest BCUT2D eigenvalue weighted by molar-refractivity contribution is -0.0575. The summed E-state index contributed by atoms with van der Waals surface area (Å²) in [5, 5.41) is 3.81. The molecule has 0 aromatic carbocycles. The van der Waals surface area contributed by atoms with Crippen LogP contribution < -0.4 is 11.1 Å². The van der Waals surface area contributed by atoms with Gasteiger partial charge in [-0.1, -0.05) is 0 Å². The first-order valence-electron chi connectivity index (χ1n) is 8.56. The highest BCUT2D eigenvalue weighted by molar-refractivity contribution is 5.07. The summed E-state index contributed by atoms with van der Waals surface area (Å²) in [5.74, 6) is 4.82. The highest BCUT2D eigenvalue weighted by Crippen LogP contribution is 2.57. The molecule has 3 N–H and O–H groups in total. The Kier molecular flexibility index (Phi) is 2.80. The molecule has 0 heterocycles. The van der Waals surface area contributed by atoms with Crippen LogP contribution in [0.15, 0.2) is 0 Å². The highest BCUT2D eigenvalue weighted by Gasteiger charge is 2.52. The van der Waals surface area contributed by atoms with Gasteiger partial charge in [-0.05, 0) is 88.4 Å². The Morgan fingerprint density at radius 2 is 1.47 bits per heavy atom. The van der Waals surface area contributed by atoms with E-state index in [1.165, 1.54) is 38.5 Å². The van der Waals surface area contributed by atoms with Gasteiger partial charge in [0.25, 0.3) is 0 Å². The van der Waals surface area contributed by atoms with Gasteiger partial charge in [-0.15, -0.1) is 0 Å². The van der Waals surface area contributed by atoms with E-state index in [2.05, 4.69) is 19.2 Å². The Bertz CT molecular complexity index is 330. The van der Waals surface area contributed by atoms with Gasteiger partial charge in [-0.2, -0.15) is 0 Å². The zero-order chi connectivity index (χ0) is 13.2. The Morgan fingerprint density at radius 1 is 0.947 bits per heavy atom. The van der Waals surface area contributed by atoms with Crippen molar-refractivity contribution in [3.8, 4) is 0 Å². The van der Waals surface area contributed by atoms with Crippen LogP contribution in [-0.2, 0) is 0 Å². The van der Waals surface area contributed by atoms with Crippen molar-refractivity contribution in [2.24, 2.45) is 35.3 Å². The molecule has 0 amide bonds. The minimum Gasteiger partial charge on any atom is -0.326 e. The van der Waals surface area contributed by atoms with Crippen molar-refractivity contribution >= 4 is 0 Å². The first-order chi connectivity index (χ1) is 9.03. The van der Waals surface area contributed by atoms with Gasteiger partial charge in [-0.3, -0.25) is 0 Å². The molecule has 1 unspecified atom stereocenters. The molecule has 108 valence electrons. The Morgan fingerprint density at radius 3 is 1.95 bits per heavy atom. The molecule has 0 aromatic heterocycles. The van der Waals surface area contributed by atoms with E-state index in [0.717, 1.165) is 35.6 Å². The van der Waals surface area contributed by atoms with Crippen LogP contribution in [-0.4, -0.2) is 17.6 Å². The van der Waals surface area contributed by atoms with Crippen LogP contribution in [0.25, 0.3) is 0 Å². The molecule has 4 bridgehead atoms. The highest BCUT2D eigenvalue weighted by atomic mass is 15.1. The largest absolute Gasteiger partial charge is 0.326 e. The molecule has 19 heavy (non-hydrogen) atoms. The zero-order valence-corrected chi connectivity index (χ0v) is 12.6. The lowest BCUT2D eigenvalue weighted by atomic mass is 9.49. The third-order valence-electron chi connectivity index (χ3n) is 6.70. The topological polar surface area (TPSA) is 38.0 Å². The average molecular weight is 262 g/mol. The standard InChI is InChI=1S/C17H30N2/c1-17(2,19-14-3-4-14)16(18)15-12-6-10-5-11(8-12)9-13(15)7-10/h10-16,19H,3-9,18H2,1-2H3. The number of rotatable bonds is 4. The SMILES string of the molecule is CC(C)(NC1CC1)C(N)C1C2CC3CC(C2)CC1C3. The van der Waals surface area contributed by atoms with Gasteiger partial charge in [0.1, 0.15) is 0 Å². The molecule has 5 fully saturated rings. The van der Waals surface area contributed by atoms with E-state index >= 15 is 0 Å². The smallest absolute Gasteiger partial charge is 0.0281 e. The number of nitrogens with one attached hydrogen (secondary N) is 1. The van der Waals surface area contributed by atoms with E-state index in [0.29, 0.717) is 6.04 Å². The lowest BCUT2D eigenvalue weighted by Gasteiger charge is -2.58. The molecule has 0 saturated heterocycles. The summed E-state index contributed by atoms with van der Waals surface area (Å²) in [6.45, 7) is 4.70. The van der Waals surface area contributed by atoms with Gasteiger partial charge < -0.3 is 11.1 Å². The second-order valence-corrected chi connectivity index (χ2v) is 8.67. The van der Waals surface area contributed by atoms with Crippen LogP contribution in [0.4, 0.5) is 0 Å². The molecule has 0 aromatic rings. The second-order valence-electron chi connectivity index (χ2n) is 8.67. The first-order valence-corrected chi connectivity index (χ1v) is 8.56. The van der Waals surface area contributed by atoms with Crippen LogP contribution in [0.5, 0.6) is 0 Å². The third kappa shape index (κ3) is 2.15. The van der Waals surface area contributed by atoms with Gasteiger partial charge in [0.15, 0.2) is 0 Å². The lowest BCUT2D eigenvalue weighted by Crippen LogP contribution is -2.63. The molecule has 2 heteroatoms. The molecule has 2 nitrogen and oxygen atoms in total. The van der Waals surface area contributed by atoms with E-state index < -0.39 is 0 Å². The quantitative estimate of drug-likeness (QED) is 0.817. The monoisotopic (exact) mass is 262 g/mol. The number of nitrogens with two attached hydrogens (primary N) is 1. The summed E-state index contributed by atoms with van der Waals surface area (Å²) in [7, 11) is 0.